The SMILES string of the molecule is Cc1ccc(Nc2cccnc2N)cc1C. The van der Waals surface area contributed by atoms with Gasteiger partial charge >= 0.3 is 0 Å². The number of nitrogen functional groups attached to an aromatic ring is 1. The number of nitrogens with two attached hydrogens (primary N) is 1. The minimum absolute atomic E-state index is 0.515. The number of hydrogen-bond donors (Lipinski definition) is 2. The lowest BCUT2D eigenvalue weighted by Gasteiger charge is -2.09. The van der Waals surface area contributed by atoms with E-state index in [1.165, 1.54) is 11.1 Å². The molecule has 0 aliphatic carbocycles. The van der Waals surface area contributed by atoms with Crippen LogP contribution < -0.4 is 11.1 Å². The third kappa shape index (κ3) is 2.14. The summed E-state index contributed by atoms with van der Waals surface area (Å²) in [7, 11) is 0. The molecule has 16 heavy (non-hydrogen) atoms. The fourth-order valence-electron chi connectivity index (χ4n) is 1.50. The van der Waals surface area contributed by atoms with Gasteiger partial charge in [0.05, 0.1) is 5.69 Å². The molecule has 2 rings (SSSR count). The van der Waals surface area contributed by atoms with Crippen LogP contribution in [0.3, 0.4) is 0 Å². The molecule has 3 heteroatoms. The Hall–Kier alpha value is -2.03. The van der Waals surface area contributed by atoms with Crippen molar-refractivity contribution in [1.82, 2.24) is 4.98 Å². The van der Waals surface area contributed by atoms with Crippen molar-refractivity contribution < 1.29 is 0 Å². The second-order valence-electron chi connectivity index (χ2n) is 3.86. The number of anilines is 3. The summed E-state index contributed by atoms with van der Waals surface area (Å²) in [6, 6.07) is 10.00. The highest BCUT2D eigenvalue weighted by molar-refractivity contribution is 5.69. The standard InChI is InChI=1S/C13H15N3/c1-9-5-6-11(8-10(9)2)16-12-4-3-7-15-13(12)14/h3-8,16H,1-2H3,(H2,14,15). The summed E-state index contributed by atoms with van der Waals surface area (Å²) in [4.78, 5) is 4.03. The van der Waals surface area contributed by atoms with Crippen molar-refractivity contribution >= 4 is 17.2 Å². The van der Waals surface area contributed by atoms with Crippen LogP contribution in [0.1, 0.15) is 11.1 Å². The number of aromatic nitrogens is 1. The Balaban J connectivity index is 2.28. The first kappa shape index (κ1) is 10.5. The molecule has 0 saturated heterocycles. The Kier molecular flexibility index (Phi) is 2.77. The maximum absolute atomic E-state index is 5.76. The first-order valence-electron chi connectivity index (χ1n) is 5.21. The molecule has 0 aliphatic heterocycles. The second-order valence-corrected chi connectivity index (χ2v) is 3.86. The van der Waals surface area contributed by atoms with E-state index in [0.717, 1.165) is 11.4 Å². The lowest BCUT2D eigenvalue weighted by atomic mass is 10.1. The molecule has 3 nitrogen and oxygen atoms in total. The summed E-state index contributed by atoms with van der Waals surface area (Å²) in [5.74, 6) is 0.515. The van der Waals surface area contributed by atoms with Crippen LogP contribution in [0, 0.1) is 13.8 Å². The van der Waals surface area contributed by atoms with Crippen LogP contribution in [0.25, 0.3) is 0 Å². The molecule has 0 bridgehead atoms. The molecule has 0 saturated carbocycles. The van der Waals surface area contributed by atoms with E-state index in [1.54, 1.807) is 6.20 Å². The highest BCUT2D eigenvalue weighted by atomic mass is 15.0. The molecule has 1 aromatic carbocycles. The number of benzene rings is 1. The lowest BCUT2D eigenvalue weighted by Crippen LogP contribution is -1.98. The molecule has 0 fully saturated rings. The van der Waals surface area contributed by atoms with Gasteiger partial charge in [-0.05, 0) is 49.2 Å². The molecule has 1 aromatic heterocycles. The number of nitrogens with one attached hydrogen (secondary N) is 1. The number of hydrogen-bond acceptors (Lipinski definition) is 3. The Morgan fingerprint density at radius 1 is 1.12 bits per heavy atom. The van der Waals surface area contributed by atoms with E-state index < -0.39 is 0 Å². The van der Waals surface area contributed by atoms with Gasteiger partial charge in [-0.1, -0.05) is 6.07 Å². The van der Waals surface area contributed by atoms with Gasteiger partial charge < -0.3 is 11.1 Å². The molecule has 82 valence electrons. The third-order valence-corrected chi connectivity index (χ3v) is 2.62. The van der Waals surface area contributed by atoms with E-state index in [9.17, 15) is 0 Å². The van der Waals surface area contributed by atoms with E-state index in [4.69, 9.17) is 5.73 Å². The predicted octanol–water partition coefficient (Wildman–Crippen LogP) is 3.02. The molecule has 1 heterocycles. The number of rotatable bonds is 2. The second kappa shape index (κ2) is 4.23. The molecule has 0 amide bonds. The van der Waals surface area contributed by atoms with Crippen molar-refractivity contribution in [2.24, 2.45) is 0 Å². The molecule has 3 N–H and O–H groups in total. The Labute approximate surface area is 95.3 Å². The van der Waals surface area contributed by atoms with E-state index in [2.05, 4.69) is 36.3 Å². The van der Waals surface area contributed by atoms with Gasteiger partial charge in [0.1, 0.15) is 5.82 Å². The largest absolute Gasteiger partial charge is 0.382 e. The van der Waals surface area contributed by atoms with Crippen LogP contribution in [0.5, 0.6) is 0 Å². The predicted molar refractivity (Wildman–Crippen MR) is 67.8 cm³/mol. The van der Waals surface area contributed by atoms with Gasteiger partial charge in [-0.2, -0.15) is 0 Å². The summed E-state index contributed by atoms with van der Waals surface area (Å²) in [6.45, 7) is 4.19. The highest BCUT2D eigenvalue weighted by Gasteiger charge is 2.00. The topological polar surface area (TPSA) is 50.9 Å². The molecule has 0 spiro atoms. The van der Waals surface area contributed by atoms with E-state index in [0.29, 0.717) is 5.82 Å². The van der Waals surface area contributed by atoms with Crippen LogP contribution in [0.4, 0.5) is 17.2 Å². The molecule has 0 aliphatic rings. The van der Waals surface area contributed by atoms with Crippen LogP contribution in [-0.2, 0) is 0 Å². The Morgan fingerprint density at radius 3 is 2.62 bits per heavy atom. The van der Waals surface area contributed by atoms with Crippen LogP contribution in [0.15, 0.2) is 36.5 Å². The molecular weight excluding hydrogens is 198 g/mol. The molecule has 0 unspecified atom stereocenters. The fourth-order valence-corrected chi connectivity index (χ4v) is 1.50. The zero-order chi connectivity index (χ0) is 11.5. The normalized spacial score (nSPS) is 10.1. The molecule has 2 aromatic rings. The van der Waals surface area contributed by atoms with E-state index >= 15 is 0 Å². The Morgan fingerprint density at radius 2 is 1.94 bits per heavy atom. The fraction of sp³-hybridized carbons (Fsp3) is 0.154. The van der Waals surface area contributed by atoms with Crippen LogP contribution in [-0.4, -0.2) is 4.98 Å². The first-order chi connectivity index (χ1) is 7.66. The first-order valence-corrected chi connectivity index (χ1v) is 5.21. The van der Waals surface area contributed by atoms with Gasteiger partial charge in [-0.15, -0.1) is 0 Å². The molecule has 0 atom stereocenters. The molecule has 0 radical (unpaired) electrons. The molecular formula is C13H15N3. The lowest BCUT2D eigenvalue weighted by molar-refractivity contribution is 1.31. The van der Waals surface area contributed by atoms with Crippen LogP contribution in [0.2, 0.25) is 0 Å². The van der Waals surface area contributed by atoms with Crippen molar-refractivity contribution in [3.8, 4) is 0 Å². The summed E-state index contributed by atoms with van der Waals surface area (Å²) in [6.07, 6.45) is 1.68. The summed E-state index contributed by atoms with van der Waals surface area (Å²) < 4.78 is 0. The quantitative estimate of drug-likeness (QED) is 0.806. The number of nitrogens with zero attached hydrogens (tertiary/aromatic N) is 1. The average molecular weight is 213 g/mol. The highest BCUT2D eigenvalue weighted by Crippen LogP contribution is 2.22. The summed E-state index contributed by atoms with van der Waals surface area (Å²) >= 11 is 0. The van der Waals surface area contributed by atoms with Crippen molar-refractivity contribution in [3.63, 3.8) is 0 Å². The van der Waals surface area contributed by atoms with Crippen molar-refractivity contribution in [3.05, 3.63) is 47.7 Å². The smallest absolute Gasteiger partial charge is 0.147 e. The van der Waals surface area contributed by atoms with Gasteiger partial charge in [0.15, 0.2) is 0 Å². The van der Waals surface area contributed by atoms with Crippen molar-refractivity contribution in [1.29, 1.82) is 0 Å². The maximum atomic E-state index is 5.76. The van der Waals surface area contributed by atoms with E-state index in [1.807, 2.05) is 18.2 Å². The maximum Gasteiger partial charge on any atom is 0.147 e. The third-order valence-electron chi connectivity index (χ3n) is 2.62. The minimum atomic E-state index is 0.515. The van der Waals surface area contributed by atoms with Gasteiger partial charge in [-0.3, -0.25) is 0 Å². The van der Waals surface area contributed by atoms with Crippen molar-refractivity contribution in [2.45, 2.75) is 13.8 Å². The van der Waals surface area contributed by atoms with E-state index in [-0.39, 0.29) is 0 Å². The number of aryl methyl sites for hydroxylation is 2. The average Bonchev–Trinajstić information content (AvgIpc) is 2.27. The summed E-state index contributed by atoms with van der Waals surface area (Å²) in [5, 5.41) is 3.25. The van der Waals surface area contributed by atoms with Gasteiger partial charge in [0, 0.05) is 11.9 Å². The van der Waals surface area contributed by atoms with Crippen LogP contribution >= 0.6 is 0 Å². The van der Waals surface area contributed by atoms with Gasteiger partial charge in [0.2, 0.25) is 0 Å². The summed E-state index contributed by atoms with van der Waals surface area (Å²) in [5.41, 5.74) is 10.2. The van der Waals surface area contributed by atoms with Gasteiger partial charge in [-0.25, -0.2) is 4.98 Å². The zero-order valence-corrected chi connectivity index (χ0v) is 9.49. The Bertz CT molecular complexity index is 506. The monoisotopic (exact) mass is 213 g/mol. The van der Waals surface area contributed by atoms with Crippen molar-refractivity contribution in [2.75, 3.05) is 11.1 Å². The number of pyridine rings is 1. The van der Waals surface area contributed by atoms with Gasteiger partial charge in [0.25, 0.3) is 0 Å². The minimum Gasteiger partial charge on any atom is -0.382 e. The zero-order valence-electron chi connectivity index (χ0n) is 9.49.